The van der Waals surface area contributed by atoms with E-state index >= 15 is 0 Å². The van der Waals surface area contributed by atoms with Gasteiger partial charge in [-0.15, -0.1) is 0 Å². The van der Waals surface area contributed by atoms with Crippen molar-refractivity contribution >= 4 is 29.9 Å². The summed E-state index contributed by atoms with van der Waals surface area (Å²) >= 11 is 0. The van der Waals surface area contributed by atoms with Gasteiger partial charge in [0.15, 0.2) is 0 Å². The van der Waals surface area contributed by atoms with Gasteiger partial charge in [0.25, 0.3) is 11.6 Å². The number of nitrogens with zero attached hydrogens (tertiary/aromatic N) is 2. The Kier molecular flexibility index (Phi) is 6.99. The van der Waals surface area contributed by atoms with Crippen molar-refractivity contribution in [1.29, 1.82) is 0 Å². The average Bonchev–Trinajstić information content (AvgIpc) is 2.79. The summed E-state index contributed by atoms with van der Waals surface area (Å²) in [6.45, 7) is 0. The number of nitrogens with one attached hydrogen (secondary N) is 1. The summed E-state index contributed by atoms with van der Waals surface area (Å²) in [4.78, 5) is 34.1. The standard InChI is InChI=1S/C23H17N3O5/c27-22(14-11-17-5-2-1-3-6-17)31-21-12-9-18(10-13-21)16-24-25-23(28)19-7-4-8-20(15-19)26(29)30/h1-16H,(H,25,28). The number of ether oxygens (including phenoxy) is 1. The number of rotatable bonds is 7. The van der Waals surface area contributed by atoms with Crippen LogP contribution in [0, 0.1) is 10.1 Å². The fourth-order valence-corrected chi connectivity index (χ4v) is 2.49. The molecule has 1 amide bonds. The first-order valence-electron chi connectivity index (χ1n) is 9.14. The predicted molar refractivity (Wildman–Crippen MR) is 116 cm³/mol. The highest BCUT2D eigenvalue weighted by Gasteiger charge is 2.10. The van der Waals surface area contributed by atoms with Crippen LogP contribution in [-0.4, -0.2) is 23.0 Å². The molecule has 8 heteroatoms. The van der Waals surface area contributed by atoms with Crippen LogP contribution in [0.3, 0.4) is 0 Å². The predicted octanol–water partition coefficient (Wildman–Crippen LogP) is 3.98. The zero-order valence-electron chi connectivity index (χ0n) is 16.2. The first kappa shape index (κ1) is 21.1. The molecule has 0 spiro atoms. The second kappa shape index (κ2) is 10.3. The molecule has 0 aliphatic heterocycles. The van der Waals surface area contributed by atoms with Gasteiger partial charge in [0, 0.05) is 23.8 Å². The summed E-state index contributed by atoms with van der Waals surface area (Å²) in [6.07, 6.45) is 4.40. The Morgan fingerprint density at radius 3 is 2.39 bits per heavy atom. The number of nitro groups is 1. The van der Waals surface area contributed by atoms with Crippen LogP contribution in [0.15, 0.2) is 90.0 Å². The number of non-ortho nitro benzene ring substituents is 1. The maximum atomic E-state index is 12.0. The van der Waals surface area contributed by atoms with Crippen LogP contribution in [0.5, 0.6) is 5.75 Å². The second-order valence-corrected chi connectivity index (χ2v) is 6.24. The monoisotopic (exact) mass is 415 g/mol. The van der Waals surface area contributed by atoms with Gasteiger partial charge in [-0.3, -0.25) is 14.9 Å². The van der Waals surface area contributed by atoms with Crippen molar-refractivity contribution in [3.63, 3.8) is 0 Å². The molecule has 0 unspecified atom stereocenters. The molecule has 31 heavy (non-hydrogen) atoms. The number of carbonyl (C=O) groups excluding carboxylic acids is 2. The van der Waals surface area contributed by atoms with Gasteiger partial charge in [0.1, 0.15) is 5.75 Å². The summed E-state index contributed by atoms with van der Waals surface area (Å²) in [7, 11) is 0. The van der Waals surface area contributed by atoms with Gasteiger partial charge in [-0.1, -0.05) is 36.4 Å². The van der Waals surface area contributed by atoms with E-state index in [2.05, 4.69) is 10.5 Å². The molecule has 0 bridgehead atoms. The molecule has 3 rings (SSSR count). The minimum Gasteiger partial charge on any atom is -0.423 e. The fourth-order valence-electron chi connectivity index (χ4n) is 2.49. The van der Waals surface area contributed by atoms with Crippen molar-refractivity contribution in [2.75, 3.05) is 0 Å². The Bertz CT molecular complexity index is 1140. The zero-order chi connectivity index (χ0) is 22.1. The topological polar surface area (TPSA) is 111 Å². The lowest BCUT2D eigenvalue weighted by Crippen LogP contribution is -2.17. The number of hydrogen-bond donors (Lipinski definition) is 1. The van der Waals surface area contributed by atoms with E-state index in [0.717, 1.165) is 5.56 Å². The van der Waals surface area contributed by atoms with Crippen LogP contribution in [0.4, 0.5) is 5.69 Å². The van der Waals surface area contributed by atoms with E-state index < -0.39 is 16.8 Å². The highest BCUT2D eigenvalue weighted by Crippen LogP contribution is 2.14. The Morgan fingerprint density at radius 1 is 0.935 bits per heavy atom. The summed E-state index contributed by atoms with van der Waals surface area (Å²) in [5.74, 6) is -0.717. The SMILES string of the molecule is O=C(C=Cc1ccccc1)Oc1ccc(C=NNC(=O)c2cccc([N+](=O)[O-])c2)cc1. The first-order chi connectivity index (χ1) is 15.0. The van der Waals surface area contributed by atoms with Crippen molar-refractivity contribution in [3.8, 4) is 5.75 Å². The van der Waals surface area contributed by atoms with Gasteiger partial charge in [-0.2, -0.15) is 5.10 Å². The molecule has 1 N–H and O–H groups in total. The smallest absolute Gasteiger partial charge is 0.336 e. The molecule has 0 radical (unpaired) electrons. The number of nitro benzene ring substituents is 1. The zero-order valence-corrected chi connectivity index (χ0v) is 16.2. The minimum atomic E-state index is -0.577. The normalized spacial score (nSPS) is 10.8. The number of hydrogen-bond acceptors (Lipinski definition) is 6. The lowest BCUT2D eigenvalue weighted by molar-refractivity contribution is -0.384. The average molecular weight is 415 g/mol. The lowest BCUT2D eigenvalue weighted by atomic mass is 10.2. The Morgan fingerprint density at radius 2 is 1.68 bits per heavy atom. The van der Waals surface area contributed by atoms with Gasteiger partial charge < -0.3 is 4.74 Å². The van der Waals surface area contributed by atoms with Crippen molar-refractivity contribution < 1.29 is 19.2 Å². The number of esters is 1. The molecular formula is C23H17N3O5. The molecule has 0 fully saturated rings. The maximum absolute atomic E-state index is 12.0. The van der Waals surface area contributed by atoms with Crippen LogP contribution in [0.25, 0.3) is 6.08 Å². The lowest BCUT2D eigenvalue weighted by Gasteiger charge is -2.02. The summed E-state index contributed by atoms with van der Waals surface area (Å²) in [5.41, 5.74) is 3.79. The van der Waals surface area contributed by atoms with Crippen molar-refractivity contribution in [3.05, 3.63) is 112 Å². The van der Waals surface area contributed by atoms with E-state index in [0.29, 0.717) is 11.3 Å². The van der Waals surface area contributed by atoms with E-state index in [4.69, 9.17) is 4.74 Å². The largest absolute Gasteiger partial charge is 0.423 e. The number of hydrazone groups is 1. The summed E-state index contributed by atoms with van der Waals surface area (Å²) < 4.78 is 5.23. The van der Waals surface area contributed by atoms with E-state index in [1.807, 2.05) is 30.3 Å². The van der Waals surface area contributed by atoms with Gasteiger partial charge in [-0.05, 0) is 47.5 Å². The van der Waals surface area contributed by atoms with E-state index in [1.165, 1.54) is 36.6 Å². The molecule has 154 valence electrons. The quantitative estimate of drug-likeness (QED) is 0.157. The Hall–Kier alpha value is -4.59. The Balaban J connectivity index is 1.53. The summed E-state index contributed by atoms with van der Waals surface area (Å²) in [6, 6.07) is 21.2. The van der Waals surface area contributed by atoms with Gasteiger partial charge >= 0.3 is 5.97 Å². The highest BCUT2D eigenvalue weighted by atomic mass is 16.6. The molecule has 0 aromatic heterocycles. The van der Waals surface area contributed by atoms with E-state index in [9.17, 15) is 19.7 Å². The number of benzene rings is 3. The third kappa shape index (κ3) is 6.47. The number of amides is 1. The van der Waals surface area contributed by atoms with Crippen LogP contribution in [-0.2, 0) is 4.79 Å². The molecule has 0 saturated carbocycles. The third-order valence-corrected chi connectivity index (χ3v) is 4.01. The van der Waals surface area contributed by atoms with Crippen molar-refractivity contribution in [2.24, 2.45) is 5.10 Å². The number of carbonyl (C=O) groups is 2. The molecule has 0 aliphatic carbocycles. The second-order valence-electron chi connectivity index (χ2n) is 6.24. The van der Waals surface area contributed by atoms with Gasteiger partial charge in [-0.25, -0.2) is 10.2 Å². The third-order valence-electron chi connectivity index (χ3n) is 4.01. The molecule has 3 aromatic carbocycles. The molecule has 0 atom stereocenters. The van der Waals surface area contributed by atoms with Crippen LogP contribution >= 0.6 is 0 Å². The molecular weight excluding hydrogens is 398 g/mol. The molecule has 0 saturated heterocycles. The van der Waals surface area contributed by atoms with Crippen molar-refractivity contribution in [2.45, 2.75) is 0 Å². The van der Waals surface area contributed by atoms with Gasteiger partial charge in [0.2, 0.25) is 0 Å². The van der Waals surface area contributed by atoms with Crippen LogP contribution in [0.2, 0.25) is 0 Å². The first-order valence-corrected chi connectivity index (χ1v) is 9.14. The van der Waals surface area contributed by atoms with Crippen molar-refractivity contribution in [1.82, 2.24) is 5.43 Å². The highest BCUT2D eigenvalue weighted by molar-refractivity contribution is 5.95. The van der Waals surface area contributed by atoms with Crippen LogP contribution in [0.1, 0.15) is 21.5 Å². The van der Waals surface area contributed by atoms with E-state index in [-0.39, 0.29) is 11.3 Å². The fraction of sp³-hybridized carbons (Fsp3) is 0. The molecule has 0 heterocycles. The summed E-state index contributed by atoms with van der Waals surface area (Å²) in [5, 5.41) is 14.6. The van der Waals surface area contributed by atoms with Crippen LogP contribution < -0.4 is 10.2 Å². The molecule has 3 aromatic rings. The Labute approximate surface area is 177 Å². The molecule has 0 aliphatic rings. The molecule has 8 nitrogen and oxygen atoms in total. The van der Waals surface area contributed by atoms with Gasteiger partial charge in [0.05, 0.1) is 11.1 Å². The van der Waals surface area contributed by atoms with E-state index in [1.54, 1.807) is 30.3 Å². The minimum absolute atomic E-state index is 0.122. The maximum Gasteiger partial charge on any atom is 0.336 e.